The van der Waals surface area contributed by atoms with E-state index in [2.05, 4.69) is 42.4 Å². The van der Waals surface area contributed by atoms with Crippen LogP contribution in [0.4, 0.5) is 0 Å². The number of hydrogen-bond donors (Lipinski definition) is 0. The summed E-state index contributed by atoms with van der Waals surface area (Å²) < 4.78 is 4.65. The van der Waals surface area contributed by atoms with Gasteiger partial charge in [0.2, 0.25) is 0 Å². The standard InChI is InChI=1S/C20H39N2/c1-4-6-7-8-9-10-11-12-13-14-15-16-17-20-21(3)18-19-22(20)5-2/h18-19H,4-17H2,1-3H3/q+1. The maximum atomic E-state index is 2.37. The average molecular weight is 308 g/mol. The number of nitrogens with zero attached hydrogens (tertiary/aromatic N) is 2. The molecule has 128 valence electrons. The molecule has 0 radical (unpaired) electrons. The SMILES string of the molecule is CCCCCCCCCCCCCCc1n(CC)cc[n+]1C. The minimum atomic E-state index is 1.09. The van der Waals surface area contributed by atoms with Crippen LogP contribution in [0.2, 0.25) is 0 Å². The van der Waals surface area contributed by atoms with Gasteiger partial charge in [-0.3, -0.25) is 0 Å². The van der Waals surface area contributed by atoms with Gasteiger partial charge in [0.25, 0.3) is 5.82 Å². The van der Waals surface area contributed by atoms with E-state index in [0.29, 0.717) is 0 Å². The first kappa shape index (κ1) is 19.3. The van der Waals surface area contributed by atoms with Gasteiger partial charge in [-0.2, -0.15) is 0 Å². The van der Waals surface area contributed by atoms with Gasteiger partial charge in [0.1, 0.15) is 12.4 Å². The van der Waals surface area contributed by atoms with Crippen LogP contribution in [0.5, 0.6) is 0 Å². The number of imidazole rings is 1. The van der Waals surface area contributed by atoms with Crippen molar-refractivity contribution in [3.63, 3.8) is 0 Å². The van der Waals surface area contributed by atoms with Gasteiger partial charge >= 0.3 is 0 Å². The molecule has 1 aromatic heterocycles. The van der Waals surface area contributed by atoms with Crippen molar-refractivity contribution in [1.29, 1.82) is 0 Å². The lowest BCUT2D eigenvalue weighted by atomic mass is 10.0. The van der Waals surface area contributed by atoms with Gasteiger partial charge in [0.05, 0.1) is 13.6 Å². The van der Waals surface area contributed by atoms with E-state index in [9.17, 15) is 0 Å². The van der Waals surface area contributed by atoms with Crippen molar-refractivity contribution in [3.05, 3.63) is 18.2 Å². The molecular weight excluding hydrogens is 268 g/mol. The van der Waals surface area contributed by atoms with Crippen molar-refractivity contribution in [2.45, 2.75) is 104 Å². The van der Waals surface area contributed by atoms with Crippen LogP contribution in [0.1, 0.15) is 96.7 Å². The zero-order valence-corrected chi connectivity index (χ0v) is 15.4. The smallest absolute Gasteiger partial charge is 0.237 e. The van der Waals surface area contributed by atoms with Crippen LogP contribution in [-0.2, 0) is 20.0 Å². The Morgan fingerprint density at radius 3 is 1.77 bits per heavy atom. The molecule has 1 rings (SSSR count). The molecule has 1 heterocycles. The quantitative estimate of drug-likeness (QED) is 0.313. The molecule has 0 spiro atoms. The third kappa shape index (κ3) is 8.00. The van der Waals surface area contributed by atoms with Crippen LogP contribution in [0, 0.1) is 0 Å². The Kier molecular flexibility index (Phi) is 11.1. The lowest BCUT2D eigenvalue weighted by Crippen LogP contribution is -2.32. The summed E-state index contributed by atoms with van der Waals surface area (Å²) in [6.07, 6.45) is 22.8. The summed E-state index contributed by atoms with van der Waals surface area (Å²) in [6, 6.07) is 0. The van der Waals surface area contributed by atoms with E-state index in [-0.39, 0.29) is 0 Å². The molecule has 0 amide bonds. The average Bonchev–Trinajstić information content (AvgIpc) is 2.88. The molecule has 0 saturated carbocycles. The second kappa shape index (κ2) is 12.7. The minimum absolute atomic E-state index is 1.09. The summed E-state index contributed by atoms with van der Waals surface area (Å²) in [4.78, 5) is 0. The first-order valence-corrected chi connectivity index (χ1v) is 9.83. The van der Waals surface area contributed by atoms with E-state index in [4.69, 9.17) is 0 Å². The monoisotopic (exact) mass is 307 g/mol. The Morgan fingerprint density at radius 1 is 0.773 bits per heavy atom. The van der Waals surface area contributed by atoms with Gasteiger partial charge < -0.3 is 0 Å². The number of aryl methyl sites for hydroxylation is 2. The van der Waals surface area contributed by atoms with Gasteiger partial charge in [-0.1, -0.05) is 77.6 Å². The third-order valence-corrected chi connectivity index (χ3v) is 4.80. The molecule has 0 N–H and O–H groups in total. The van der Waals surface area contributed by atoms with Crippen molar-refractivity contribution < 1.29 is 4.57 Å². The largest absolute Gasteiger partial charge is 0.256 e. The molecule has 0 aromatic carbocycles. The highest BCUT2D eigenvalue weighted by atomic mass is 15.1. The maximum absolute atomic E-state index is 2.37. The highest BCUT2D eigenvalue weighted by molar-refractivity contribution is 4.83. The fraction of sp³-hybridized carbons (Fsp3) is 0.850. The highest BCUT2D eigenvalue weighted by Crippen LogP contribution is 2.12. The fourth-order valence-electron chi connectivity index (χ4n) is 3.29. The Morgan fingerprint density at radius 2 is 1.27 bits per heavy atom. The molecule has 0 unspecified atom stereocenters. The van der Waals surface area contributed by atoms with E-state index in [1.807, 2.05) is 0 Å². The third-order valence-electron chi connectivity index (χ3n) is 4.80. The summed E-state index contributed by atoms with van der Waals surface area (Å²) in [5.41, 5.74) is 0. The summed E-state index contributed by atoms with van der Waals surface area (Å²) in [5.74, 6) is 1.48. The first-order valence-electron chi connectivity index (χ1n) is 9.83. The lowest BCUT2D eigenvalue weighted by Gasteiger charge is -2.03. The van der Waals surface area contributed by atoms with Gasteiger partial charge in [-0.25, -0.2) is 9.13 Å². The number of aromatic nitrogens is 2. The fourth-order valence-corrected chi connectivity index (χ4v) is 3.29. The predicted molar refractivity (Wildman–Crippen MR) is 96.1 cm³/mol. The molecule has 0 aliphatic rings. The molecule has 0 saturated heterocycles. The van der Waals surface area contributed by atoms with Crippen LogP contribution >= 0.6 is 0 Å². The van der Waals surface area contributed by atoms with Gasteiger partial charge in [0.15, 0.2) is 0 Å². The van der Waals surface area contributed by atoms with E-state index in [1.54, 1.807) is 0 Å². The highest BCUT2D eigenvalue weighted by Gasteiger charge is 2.11. The molecule has 0 bridgehead atoms. The van der Waals surface area contributed by atoms with E-state index in [1.165, 1.54) is 89.3 Å². The van der Waals surface area contributed by atoms with Crippen LogP contribution in [0.3, 0.4) is 0 Å². The normalized spacial score (nSPS) is 11.2. The summed E-state index contributed by atoms with van der Waals surface area (Å²) >= 11 is 0. The lowest BCUT2D eigenvalue weighted by molar-refractivity contribution is -0.678. The van der Waals surface area contributed by atoms with Gasteiger partial charge in [-0.05, 0) is 13.3 Å². The van der Waals surface area contributed by atoms with Crippen LogP contribution in [-0.4, -0.2) is 4.57 Å². The van der Waals surface area contributed by atoms with E-state index >= 15 is 0 Å². The zero-order chi connectivity index (χ0) is 16.0. The zero-order valence-electron chi connectivity index (χ0n) is 15.4. The minimum Gasteiger partial charge on any atom is -0.237 e. The molecule has 1 aromatic rings. The molecule has 0 atom stereocenters. The van der Waals surface area contributed by atoms with E-state index in [0.717, 1.165) is 6.54 Å². The van der Waals surface area contributed by atoms with Crippen molar-refractivity contribution >= 4 is 0 Å². The predicted octanol–water partition coefficient (Wildman–Crippen LogP) is 5.58. The first-order chi connectivity index (χ1) is 10.8. The molecular formula is C20H39N2+. The summed E-state index contributed by atoms with van der Waals surface area (Å²) in [6.45, 7) is 5.61. The second-order valence-corrected chi connectivity index (χ2v) is 6.75. The Bertz CT molecular complexity index is 368. The molecule has 22 heavy (non-hydrogen) atoms. The van der Waals surface area contributed by atoms with Gasteiger partial charge in [0, 0.05) is 6.42 Å². The second-order valence-electron chi connectivity index (χ2n) is 6.75. The molecule has 0 aliphatic heterocycles. The molecule has 0 fully saturated rings. The van der Waals surface area contributed by atoms with Crippen molar-refractivity contribution in [2.24, 2.45) is 7.05 Å². The Balaban J connectivity index is 1.90. The van der Waals surface area contributed by atoms with Crippen molar-refractivity contribution in [3.8, 4) is 0 Å². The van der Waals surface area contributed by atoms with Crippen LogP contribution in [0.25, 0.3) is 0 Å². The maximum Gasteiger partial charge on any atom is 0.256 e. The summed E-state index contributed by atoms with van der Waals surface area (Å²) in [7, 11) is 2.17. The van der Waals surface area contributed by atoms with Gasteiger partial charge in [-0.15, -0.1) is 0 Å². The van der Waals surface area contributed by atoms with Crippen molar-refractivity contribution in [2.75, 3.05) is 0 Å². The number of rotatable bonds is 14. The molecule has 2 nitrogen and oxygen atoms in total. The Labute approximate surface area is 138 Å². The topological polar surface area (TPSA) is 8.81 Å². The van der Waals surface area contributed by atoms with Crippen LogP contribution < -0.4 is 4.57 Å². The van der Waals surface area contributed by atoms with Crippen LogP contribution in [0.15, 0.2) is 12.4 Å². The summed E-state index contributed by atoms with van der Waals surface area (Å²) in [5, 5.41) is 0. The molecule has 2 heteroatoms. The Hall–Kier alpha value is -0.790. The number of hydrogen-bond acceptors (Lipinski definition) is 0. The van der Waals surface area contributed by atoms with Crippen molar-refractivity contribution in [1.82, 2.24) is 4.57 Å². The molecule has 0 aliphatic carbocycles. The number of unbranched alkanes of at least 4 members (excludes halogenated alkanes) is 11. The van der Waals surface area contributed by atoms with E-state index < -0.39 is 0 Å².